The molecule has 1 heterocycles. The van der Waals surface area contributed by atoms with Crippen LogP contribution < -0.4 is 5.32 Å². The Hall–Kier alpha value is -1.83. The molecular formula is C12H17NO6S. The fourth-order valence-electron chi connectivity index (χ4n) is 1.56. The number of carboxylic acids is 1. The van der Waals surface area contributed by atoms with Crippen LogP contribution in [0.2, 0.25) is 0 Å². The molecule has 0 radical (unpaired) electrons. The summed E-state index contributed by atoms with van der Waals surface area (Å²) in [7, 11) is -3.26. The third kappa shape index (κ3) is 4.69. The molecule has 0 aliphatic carbocycles. The molecule has 0 aliphatic heterocycles. The molecule has 1 aromatic heterocycles. The topological polar surface area (TPSA) is 114 Å². The highest BCUT2D eigenvalue weighted by atomic mass is 32.2. The minimum absolute atomic E-state index is 0.115. The number of hydrogen-bond acceptors (Lipinski definition) is 5. The van der Waals surface area contributed by atoms with E-state index < -0.39 is 27.8 Å². The molecule has 1 rings (SSSR count). The maximum Gasteiger partial charge on any atom is 0.326 e. The maximum atomic E-state index is 11.8. The van der Waals surface area contributed by atoms with E-state index in [-0.39, 0.29) is 23.2 Å². The van der Waals surface area contributed by atoms with Crippen molar-refractivity contribution in [1.29, 1.82) is 0 Å². The van der Waals surface area contributed by atoms with Crippen LogP contribution in [0.3, 0.4) is 0 Å². The average molecular weight is 303 g/mol. The van der Waals surface area contributed by atoms with Gasteiger partial charge in [-0.15, -0.1) is 0 Å². The molecule has 2 N–H and O–H groups in total. The number of hydrogen-bond donors (Lipinski definition) is 2. The number of nitrogens with one attached hydrogen (secondary N) is 1. The van der Waals surface area contributed by atoms with Crippen LogP contribution in [-0.2, 0) is 20.4 Å². The van der Waals surface area contributed by atoms with Gasteiger partial charge in [-0.25, -0.2) is 13.2 Å². The van der Waals surface area contributed by atoms with Crippen molar-refractivity contribution in [3.8, 4) is 0 Å². The van der Waals surface area contributed by atoms with E-state index in [9.17, 15) is 18.0 Å². The van der Waals surface area contributed by atoms with E-state index in [2.05, 4.69) is 5.32 Å². The van der Waals surface area contributed by atoms with Crippen LogP contribution in [0, 0.1) is 5.92 Å². The molecule has 0 spiro atoms. The van der Waals surface area contributed by atoms with Gasteiger partial charge < -0.3 is 14.8 Å². The van der Waals surface area contributed by atoms with Gasteiger partial charge in [-0.2, -0.15) is 0 Å². The van der Waals surface area contributed by atoms with Gasteiger partial charge in [-0.05, 0) is 18.1 Å². The molecule has 0 fully saturated rings. The molecule has 0 unspecified atom stereocenters. The Labute approximate surface area is 116 Å². The van der Waals surface area contributed by atoms with Crippen molar-refractivity contribution in [2.75, 3.05) is 6.26 Å². The molecule has 20 heavy (non-hydrogen) atoms. The van der Waals surface area contributed by atoms with E-state index in [1.54, 1.807) is 13.8 Å². The van der Waals surface area contributed by atoms with Crippen molar-refractivity contribution in [1.82, 2.24) is 5.32 Å². The fraction of sp³-hybridized carbons (Fsp3) is 0.500. The maximum absolute atomic E-state index is 11.8. The van der Waals surface area contributed by atoms with Crippen LogP contribution in [0.4, 0.5) is 0 Å². The second-order valence-corrected chi connectivity index (χ2v) is 7.01. The van der Waals surface area contributed by atoms with Gasteiger partial charge in [0.25, 0.3) is 5.91 Å². The molecule has 0 saturated heterocycles. The molecule has 0 bridgehead atoms. The fourth-order valence-corrected chi connectivity index (χ4v) is 2.23. The number of carbonyl (C=O) groups is 2. The van der Waals surface area contributed by atoms with Crippen LogP contribution in [-0.4, -0.2) is 37.7 Å². The zero-order valence-corrected chi connectivity index (χ0v) is 12.2. The Morgan fingerprint density at radius 1 is 1.35 bits per heavy atom. The van der Waals surface area contributed by atoms with E-state index in [1.165, 1.54) is 12.1 Å². The third-order valence-corrected chi connectivity index (χ3v) is 3.32. The molecular weight excluding hydrogens is 286 g/mol. The Morgan fingerprint density at radius 3 is 2.40 bits per heavy atom. The summed E-state index contributed by atoms with van der Waals surface area (Å²) in [5, 5.41) is 11.3. The van der Waals surface area contributed by atoms with Crippen LogP contribution in [0.25, 0.3) is 0 Å². The van der Waals surface area contributed by atoms with Gasteiger partial charge >= 0.3 is 5.97 Å². The zero-order chi connectivity index (χ0) is 15.5. The van der Waals surface area contributed by atoms with Crippen LogP contribution in [0.15, 0.2) is 16.5 Å². The SMILES string of the molecule is CC(C)[C@@H](NC(=O)c1ccc(CS(C)(=O)=O)o1)C(=O)O. The van der Waals surface area contributed by atoms with E-state index >= 15 is 0 Å². The molecule has 0 aromatic carbocycles. The number of carbonyl (C=O) groups excluding carboxylic acids is 1. The molecule has 1 aromatic rings. The summed E-state index contributed by atoms with van der Waals surface area (Å²) in [5.74, 6) is -2.42. The second-order valence-electron chi connectivity index (χ2n) is 4.87. The monoisotopic (exact) mass is 303 g/mol. The van der Waals surface area contributed by atoms with E-state index in [1.807, 2.05) is 0 Å². The van der Waals surface area contributed by atoms with Crippen molar-refractivity contribution in [3.05, 3.63) is 23.7 Å². The minimum Gasteiger partial charge on any atom is -0.480 e. The van der Waals surface area contributed by atoms with Gasteiger partial charge in [0, 0.05) is 6.26 Å². The number of rotatable bonds is 6. The van der Waals surface area contributed by atoms with Gasteiger partial charge in [0.1, 0.15) is 17.6 Å². The summed E-state index contributed by atoms with van der Waals surface area (Å²) in [5.41, 5.74) is 0. The van der Waals surface area contributed by atoms with Gasteiger partial charge in [0.2, 0.25) is 0 Å². The first-order valence-electron chi connectivity index (χ1n) is 5.90. The second kappa shape index (κ2) is 6.08. The van der Waals surface area contributed by atoms with Crippen molar-refractivity contribution in [3.63, 3.8) is 0 Å². The molecule has 1 amide bonds. The lowest BCUT2D eigenvalue weighted by Gasteiger charge is -2.16. The molecule has 7 nitrogen and oxygen atoms in total. The van der Waals surface area contributed by atoms with E-state index in [4.69, 9.17) is 9.52 Å². The Morgan fingerprint density at radius 2 is 1.95 bits per heavy atom. The first-order chi connectivity index (χ1) is 9.10. The lowest BCUT2D eigenvalue weighted by Crippen LogP contribution is -2.44. The Kier molecular flexibility index (Phi) is 4.93. The van der Waals surface area contributed by atoms with Crippen LogP contribution in [0.5, 0.6) is 0 Å². The highest BCUT2D eigenvalue weighted by molar-refractivity contribution is 7.89. The van der Waals surface area contributed by atoms with Crippen molar-refractivity contribution in [2.24, 2.45) is 5.92 Å². The molecule has 1 atom stereocenters. The number of furan rings is 1. The van der Waals surface area contributed by atoms with Gasteiger partial charge in [-0.3, -0.25) is 4.79 Å². The summed E-state index contributed by atoms with van der Waals surface area (Å²) in [4.78, 5) is 22.8. The van der Waals surface area contributed by atoms with Crippen molar-refractivity contribution in [2.45, 2.75) is 25.6 Å². The number of sulfone groups is 1. The van der Waals surface area contributed by atoms with E-state index in [0.717, 1.165) is 6.26 Å². The normalized spacial score (nSPS) is 13.2. The van der Waals surface area contributed by atoms with Gasteiger partial charge in [0.05, 0.1) is 0 Å². The van der Waals surface area contributed by atoms with Crippen LogP contribution in [0.1, 0.15) is 30.2 Å². The quantitative estimate of drug-likeness (QED) is 0.798. The smallest absolute Gasteiger partial charge is 0.326 e. The first kappa shape index (κ1) is 16.2. The lowest BCUT2D eigenvalue weighted by molar-refractivity contribution is -0.140. The number of carboxylic acid groups (broad SMARTS) is 1. The van der Waals surface area contributed by atoms with E-state index in [0.29, 0.717) is 0 Å². The minimum atomic E-state index is -3.26. The highest BCUT2D eigenvalue weighted by Crippen LogP contribution is 2.12. The molecule has 8 heteroatoms. The highest BCUT2D eigenvalue weighted by Gasteiger charge is 2.25. The molecule has 112 valence electrons. The first-order valence-corrected chi connectivity index (χ1v) is 7.96. The van der Waals surface area contributed by atoms with Crippen molar-refractivity contribution < 1.29 is 27.5 Å². The average Bonchev–Trinajstić information content (AvgIpc) is 2.70. The predicted molar refractivity (Wildman–Crippen MR) is 71.0 cm³/mol. The van der Waals surface area contributed by atoms with Crippen molar-refractivity contribution >= 4 is 21.7 Å². The summed E-state index contributed by atoms with van der Waals surface area (Å²) >= 11 is 0. The Balaban J connectivity index is 2.81. The largest absolute Gasteiger partial charge is 0.480 e. The number of aliphatic carboxylic acids is 1. The third-order valence-electron chi connectivity index (χ3n) is 2.51. The Bertz CT molecular complexity index is 601. The standard InChI is InChI=1S/C12H17NO6S/c1-7(2)10(12(15)16)13-11(14)9-5-4-8(19-9)6-20(3,17)18/h4-5,7,10H,6H2,1-3H3,(H,13,14)(H,15,16)/t10-/m1/s1. The summed E-state index contributed by atoms with van der Waals surface area (Å²) in [6.07, 6.45) is 1.05. The predicted octanol–water partition coefficient (Wildman–Crippen LogP) is 0.663. The lowest BCUT2D eigenvalue weighted by atomic mass is 10.0. The zero-order valence-electron chi connectivity index (χ0n) is 11.4. The summed E-state index contributed by atoms with van der Waals surface area (Å²) in [6.45, 7) is 3.33. The molecule has 0 saturated carbocycles. The van der Waals surface area contributed by atoms with Gasteiger partial charge in [0.15, 0.2) is 15.6 Å². The van der Waals surface area contributed by atoms with Crippen LogP contribution >= 0.6 is 0 Å². The summed E-state index contributed by atoms with van der Waals surface area (Å²) in [6, 6.07) is 1.65. The van der Waals surface area contributed by atoms with Gasteiger partial charge in [-0.1, -0.05) is 13.8 Å². The summed E-state index contributed by atoms with van der Waals surface area (Å²) < 4.78 is 27.3. The number of amides is 1. The molecule has 0 aliphatic rings.